The molecule has 162 valence electrons. The lowest BCUT2D eigenvalue weighted by Crippen LogP contribution is -2.32. The Morgan fingerprint density at radius 1 is 1.13 bits per heavy atom. The second-order valence-corrected chi connectivity index (χ2v) is 6.58. The molecule has 3 rings (SSSR count). The Balaban J connectivity index is 1.60. The molecule has 0 bridgehead atoms. The lowest BCUT2D eigenvalue weighted by molar-refractivity contribution is -0.137. The van der Waals surface area contributed by atoms with E-state index >= 15 is 0 Å². The van der Waals surface area contributed by atoms with Crippen molar-refractivity contribution in [1.29, 1.82) is 0 Å². The number of carbonyl (C=O) groups is 2. The number of benzene rings is 1. The van der Waals surface area contributed by atoms with Crippen molar-refractivity contribution in [2.24, 2.45) is 0 Å². The van der Waals surface area contributed by atoms with Crippen LogP contribution in [-0.4, -0.2) is 33.2 Å². The molecular formula is C20H19F3N6O2. The number of hydrogen-bond acceptors (Lipinski definition) is 4. The van der Waals surface area contributed by atoms with Gasteiger partial charge in [0.05, 0.1) is 16.9 Å². The van der Waals surface area contributed by atoms with Crippen molar-refractivity contribution >= 4 is 23.4 Å². The van der Waals surface area contributed by atoms with E-state index in [1.165, 1.54) is 23.1 Å². The van der Waals surface area contributed by atoms with E-state index in [-0.39, 0.29) is 30.2 Å². The lowest BCUT2D eigenvalue weighted by Gasteiger charge is -2.15. The SMILES string of the molecule is Cc1ccc(NC(=O)CCNC(=O)Nc2cc(C(F)(F)F)ccc2-n2cccn2)nc1. The van der Waals surface area contributed by atoms with Crippen molar-refractivity contribution in [3.05, 3.63) is 66.1 Å². The minimum absolute atomic E-state index is 0.0282. The van der Waals surface area contributed by atoms with Crippen molar-refractivity contribution in [2.75, 3.05) is 17.2 Å². The highest BCUT2D eigenvalue weighted by Crippen LogP contribution is 2.33. The Morgan fingerprint density at radius 3 is 2.58 bits per heavy atom. The number of rotatable bonds is 6. The van der Waals surface area contributed by atoms with Gasteiger partial charge in [-0.25, -0.2) is 14.5 Å². The van der Waals surface area contributed by atoms with Gasteiger partial charge >= 0.3 is 12.2 Å². The number of amides is 3. The topological polar surface area (TPSA) is 101 Å². The molecular weight excluding hydrogens is 413 g/mol. The van der Waals surface area contributed by atoms with Gasteiger partial charge in [-0.2, -0.15) is 18.3 Å². The van der Waals surface area contributed by atoms with Crippen molar-refractivity contribution < 1.29 is 22.8 Å². The van der Waals surface area contributed by atoms with Crippen LogP contribution in [0.25, 0.3) is 5.69 Å². The van der Waals surface area contributed by atoms with Gasteiger partial charge in [-0.05, 0) is 42.8 Å². The quantitative estimate of drug-likeness (QED) is 0.552. The van der Waals surface area contributed by atoms with Crippen LogP contribution < -0.4 is 16.0 Å². The summed E-state index contributed by atoms with van der Waals surface area (Å²) in [5.74, 6) is 0.0147. The predicted octanol–water partition coefficient (Wildman–Crippen LogP) is 3.74. The van der Waals surface area contributed by atoms with Gasteiger partial charge < -0.3 is 16.0 Å². The Bertz CT molecular complexity index is 1050. The van der Waals surface area contributed by atoms with Gasteiger partial charge in [0, 0.05) is 31.6 Å². The van der Waals surface area contributed by atoms with Crippen LogP contribution in [0.2, 0.25) is 0 Å². The van der Waals surface area contributed by atoms with Gasteiger partial charge in [-0.15, -0.1) is 0 Å². The molecule has 8 nitrogen and oxygen atoms in total. The molecule has 0 atom stereocenters. The monoisotopic (exact) mass is 432 g/mol. The third kappa shape index (κ3) is 6.04. The van der Waals surface area contributed by atoms with Crippen molar-refractivity contribution in [2.45, 2.75) is 19.5 Å². The first-order chi connectivity index (χ1) is 14.7. The van der Waals surface area contributed by atoms with Crippen molar-refractivity contribution in [3.8, 4) is 5.69 Å². The Morgan fingerprint density at radius 2 is 1.94 bits per heavy atom. The molecule has 31 heavy (non-hydrogen) atoms. The average Bonchev–Trinajstić information content (AvgIpc) is 3.23. The van der Waals surface area contributed by atoms with Gasteiger partial charge in [0.2, 0.25) is 5.91 Å². The van der Waals surface area contributed by atoms with Gasteiger partial charge in [0.15, 0.2) is 0 Å². The minimum atomic E-state index is -4.57. The molecule has 2 aromatic heterocycles. The first-order valence-electron chi connectivity index (χ1n) is 9.21. The molecule has 2 heterocycles. The molecule has 1 aromatic carbocycles. The molecule has 0 aliphatic carbocycles. The summed E-state index contributed by atoms with van der Waals surface area (Å²) in [5, 5.41) is 11.4. The first kappa shape index (κ1) is 21.8. The molecule has 3 aromatic rings. The predicted molar refractivity (Wildman–Crippen MR) is 108 cm³/mol. The molecule has 0 spiro atoms. The van der Waals surface area contributed by atoms with E-state index in [1.807, 2.05) is 6.92 Å². The molecule has 0 aliphatic rings. The molecule has 11 heteroatoms. The summed E-state index contributed by atoms with van der Waals surface area (Å²) in [7, 11) is 0. The van der Waals surface area contributed by atoms with Crippen LogP contribution in [0.5, 0.6) is 0 Å². The number of aromatic nitrogens is 3. The Kier molecular flexibility index (Phi) is 6.53. The smallest absolute Gasteiger partial charge is 0.337 e. The Labute approximate surface area is 175 Å². The largest absolute Gasteiger partial charge is 0.416 e. The summed E-state index contributed by atoms with van der Waals surface area (Å²) >= 11 is 0. The molecule has 3 N–H and O–H groups in total. The average molecular weight is 432 g/mol. The molecule has 0 fully saturated rings. The van der Waals surface area contributed by atoms with E-state index in [1.54, 1.807) is 24.4 Å². The van der Waals surface area contributed by atoms with Crippen LogP contribution in [0, 0.1) is 6.92 Å². The van der Waals surface area contributed by atoms with Gasteiger partial charge in [-0.1, -0.05) is 6.07 Å². The zero-order valence-electron chi connectivity index (χ0n) is 16.4. The van der Waals surface area contributed by atoms with Crippen LogP contribution in [0.1, 0.15) is 17.5 Å². The molecule has 0 radical (unpaired) electrons. The number of anilines is 2. The fourth-order valence-corrected chi connectivity index (χ4v) is 2.63. The maximum atomic E-state index is 13.1. The first-order valence-corrected chi connectivity index (χ1v) is 9.21. The standard InChI is InChI=1S/C20H19F3N6O2/c1-13-3-6-17(25-12-13)28-18(30)7-9-24-19(31)27-15-11-14(20(21,22)23)4-5-16(15)29-10-2-8-26-29/h2-6,8,10-12H,7,9H2,1H3,(H2,24,27,31)(H,25,28,30). The summed E-state index contributed by atoms with van der Waals surface area (Å²) in [5.41, 5.74) is 0.213. The number of carbonyl (C=O) groups excluding carboxylic acids is 2. The van der Waals surface area contributed by atoms with Crippen LogP contribution in [0.15, 0.2) is 55.0 Å². The molecule has 3 amide bonds. The number of halogens is 3. The number of aryl methyl sites for hydroxylation is 1. The number of pyridine rings is 1. The maximum Gasteiger partial charge on any atom is 0.416 e. The van der Waals surface area contributed by atoms with E-state index < -0.39 is 17.8 Å². The third-order valence-electron chi connectivity index (χ3n) is 4.14. The van der Waals surface area contributed by atoms with E-state index in [2.05, 4.69) is 26.0 Å². The third-order valence-corrected chi connectivity index (χ3v) is 4.14. The fourth-order valence-electron chi connectivity index (χ4n) is 2.63. The highest BCUT2D eigenvalue weighted by molar-refractivity contribution is 5.93. The molecule has 0 saturated carbocycles. The zero-order valence-corrected chi connectivity index (χ0v) is 16.4. The van der Waals surface area contributed by atoms with Crippen LogP contribution >= 0.6 is 0 Å². The van der Waals surface area contributed by atoms with Crippen LogP contribution in [0.4, 0.5) is 29.5 Å². The normalized spacial score (nSPS) is 11.1. The summed E-state index contributed by atoms with van der Waals surface area (Å²) in [6.07, 6.45) is -0.0129. The minimum Gasteiger partial charge on any atom is -0.337 e. The van der Waals surface area contributed by atoms with E-state index in [4.69, 9.17) is 0 Å². The number of nitrogens with one attached hydrogen (secondary N) is 3. The van der Waals surface area contributed by atoms with Gasteiger partial charge in [-0.3, -0.25) is 4.79 Å². The van der Waals surface area contributed by atoms with Gasteiger partial charge in [0.1, 0.15) is 5.82 Å². The molecule has 0 aliphatic heterocycles. The number of urea groups is 1. The number of alkyl halides is 3. The van der Waals surface area contributed by atoms with Crippen molar-refractivity contribution in [1.82, 2.24) is 20.1 Å². The zero-order chi connectivity index (χ0) is 22.4. The Hall–Kier alpha value is -3.89. The summed E-state index contributed by atoms with van der Waals surface area (Å²) in [6.45, 7) is 1.84. The van der Waals surface area contributed by atoms with E-state index in [9.17, 15) is 22.8 Å². The number of nitrogens with zero attached hydrogens (tertiary/aromatic N) is 3. The van der Waals surface area contributed by atoms with Gasteiger partial charge in [0.25, 0.3) is 0 Å². The summed E-state index contributed by atoms with van der Waals surface area (Å²) in [6, 6.07) is 7.24. The highest BCUT2D eigenvalue weighted by Gasteiger charge is 2.31. The number of hydrogen-bond donors (Lipinski definition) is 3. The van der Waals surface area contributed by atoms with Crippen LogP contribution in [-0.2, 0) is 11.0 Å². The fraction of sp³-hybridized carbons (Fsp3) is 0.200. The lowest BCUT2D eigenvalue weighted by atomic mass is 10.1. The summed E-state index contributed by atoms with van der Waals surface area (Å²) < 4.78 is 40.5. The highest BCUT2D eigenvalue weighted by atomic mass is 19.4. The second kappa shape index (κ2) is 9.28. The van der Waals surface area contributed by atoms with E-state index in [0.29, 0.717) is 5.82 Å². The molecule has 0 unspecified atom stereocenters. The summed E-state index contributed by atoms with van der Waals surface area (Å²) in [4.78, 5) is 28.2. The van der Waals surface area contributed by atoms with E-state index in [0.717, 1.165) is 17.7 Å². The van der Waals surface area contributed by atoms with Crippen LogP contribution in [0.3, 0.4) is 0 Å². The maximum absolute atomic E-state index is 13.1. The van der Waals surface area contributed by atoms with Crippen molar-refractivity contribution in [3.63, 3.8) is 0 Å². The molecule has 0 saturated heterocycles. The second-order valence-electron chi connectivity index (χ2n) is 6.58.